The molecule has 160 valence electrons. The maximum absolute atomic E-state index is 12.7. The molecule has 11 heteroatoms. The summed E-state index contributed by atoms with van der Waals surface area (Å²) < 4.78 is 0. The number of hydrogen-bond donors (Lipinski definition) is 6. The predicted molar refractivity (Wildman–Crippen MR) is 99.9 cm³/mol. The Balaban J connectivity index is 2.83. The molecule has 1 saturated heterocycles. The van der Waals surface area contributed by atoms with E-state index in [1.54, 1.807) is 6.92 Å². The summed E-state index contributed by atoms with van der Waals surface area (Å²) in [4.78, 5) is 49.8. The zero-order valence-corrected chi connectivity index (χ0v) is 16.1. The molecule has 0 radical (unpaired) electrons. The Morgan fingerprint density at radius 1 is 1.18 bits per heavy atom. The molecule has 4 unspecified atom stereocenters. The Kier molecular flexibility index (Phi) is 9.83. The summed E-state index contributed by atoms with van der Waals surface area (Å²) in [6, 6.07) is -3.93. The van der Waals surface area contributed by atoms with Gasteiger partial charge in [0.15, 0.2) is 0 Å². The molecular formula is C17H31N5O6. The molecule has 0 saturated carbocycles. The molecule has 0 bridgehead atoms. The Hall–Kier alpha value is -2.24. The van der Waals surface area contributed by atoms with E-state index in [-0.39, 0.29) is 12.3 Å². The zero-order chi connectivity index (χ0) is 21.3. The summed E-state index contributed by atoms with van der Waals surface area (Å²) in [7, 11) is 0. The van der Waals surface area contributed by atoms with Crippen molar-refractivity contribution in [2.75, 3.05) is 19.7 Å². The number of nitrogens with zero attached hydrogens (tertiary/aromatic N) is 1. The van der Waals surface area contributed by atoms with Gasteiger partial charge in [-0.05, 0) is 45.6 Å². The number of nitrogens with two attached hydrogens (primary N) is 2. The number of rotatable bonds is 11. The van der Waals surface area contributed by atoms with E-state index in [0.717, 1.165) is 0 Å². The third-order valence-electron chi connectivity index (χ3n) is 4.61. The third kappa shape index (κ3) is 6.73. The highest BCUT2D eigenvalue weighted by Gasteiger charge is 2.37. The van der Waals surface area contributed by atoms with Crippen molar-refractivity contribution >= 4 is 23.7 Å². The smallest absolute Gasteiger partial charge is 0.328 e. The van der Waals surface area contributed by atoms with Crippen molar-refractivity contribution in [1.82, 2.24) is 15.5 Å². The third-order valence-corrected chi connectivity index (χ3v) is 4.61. The Bertz CT molecular complexity index is 570. The summed E-state index contributed by atoms with van der Waals surface area (Å²) in [5.41, 5.74) is 11.1. The number of aliphatic hydroxyl groups excluding tert-OH is 1. The molecule has 28 heavy (non-hydrogen) atoms. The van der Waals surface area contributed by atoms with E-state index in [2.05, 4.69) is 10.6 Å². The van der Waals surface area contributed by atoms with Crippen LogP contribution in [0.1, 0.15) is 39.0 Å². The van der Waals surface area contributed by atoms with Gasteiger partial charge in [0.05, 0.1) is 12.6 Å². The van der Waals surface area contributed by atoms with Gasteiger partial charge in [-0.2, -0.15) is 0 Å². The molecule has 0 aliphatic carbocycles. The highest BCUT2D eigenvalue weighted by Crippen LogP contribution is 2.18. The molecule has 0 spiro atoms. The summed E-state index contributed by atoms with van der Waals surface area (Å²) in [6.45, 7) is 1.59. The number of carboxylic acid groups (broad SMARTS) is 1. The van der Waals surface area contributed by atoms with E-state index in [9.17, 15) is 19.2 Å². The fourth-order valence-electron chi connectivity index (χ4n) is 3.05. The first-order chi connectivity index (χ1) is 13.2. The number of unbranched alkanes of at least 4 members (excludes halogenated alkanes) is 1. The number of carbonyl (C=O) groups is 4. The number of carbonyl (C=O) groups excluding carboxylic acids is 3. The molecule has 1 aliphatic rings. The maximum Gasteiger partial charge on any atom is 0.328 e. The molecule has 0 aromatic heterocycles. The average molecular weight is 401 g/mol. The van der Waals surface area contributed by atoms with Gasteiger partial charge in [0.1, 0.15) is 18.1 Å². The highest BCUT2D eigenvalue weighted by molar-refractivity contribution is 5.94. The zero-order valence-electron chi connectivity index (χ0n) is 16.1. The average Bonchev–Trinajstić information content (AvgIpc) is 3.13. The van der Waals surface area contributed by atoms with Crippen LogP contribution in [0.2, 0.25) is 0 Å². The SMILES string of the molecule is CC(N)C(=O)N1CCCC1C(=O)NC(CCCCN)C(=O)NC(CO)C(=O)O. The van der Waals surface area contributed by atoms with E-state index in [1.165, 1.54) is 4.90 Å². The van der Waals surface area contributed by atoms with Crippen LogP contribution in [0.4, 0.5) is 0 Å². The molecule has 0 aromatic carbocycles. The van der Waals surface area contributed by atoms with E-state index in [1.807, 2.05) is 0 Å². The van der Waals surface area contributed by atoms with Gasteiger partial charge in [0, 0.05) is 6.54 Å². The number of amides is 3. The monoisotopic (exact) mass is 401 g/mol. The second-order valence-corrected chi connectivity index (χ2v) is 6.91. The van der Waals surface area contributed by atoms with Gasteiger partial charge in [-0.15, -0.1) is 0 Å². The molecule has 11 nitrogen and oxygen atoms in total. The van der Waals surface area contributed by atoms with Gasteiger partial charge in [0.25, 0.3) is 0 Å². The second-order valence-electron chi connectivity index (χ2n) is 6.91. The number of aliphatic hydroxyl groups is 1. The summed E-state index contributed by atoms with van der Waals surface area (Å²) in [6.07, 6.45) is 2.52. The second kappa shape index (κ2) is 11.6. The van der Waals surface area contributed by atoms with Crippen molar-refractivity contribution in [2.45, 2.75) is 63.2 Å². The first-order valence-corrected chi connectivity index (χ1v) is 9.43. The number of likely N-dealkylation sites (tertiary alicyclic amines) is 1. The van der Waals surface area contributed by atoms with Crippen LogP contribution in [0.5, 0.6) is 0 Å². The van der Waals surface area contributed by atoms with E-state index >= 15 is 0 Å². The van der Waals surface area contributed by atoms with Gasteiger partial charge in [-0.25, -0.2) is 4.79 Å². The lowest BCUT2D eigenvalue weighted by Gasteiger charge is -2.28. The van der Waals surface area contributed by atoms with Crippen LogP contribution in [-0.4, -0.2) is 82.7 Å². The molecule has 3 amide bonds. The normalized spacial score (nSPS) is 19.6. The molecule has 0 aromatic rings. The molecule has 1 heterocycles. The number of hydrogen-bond acceptors (Lipinski definition) is 7. The fourth-order valence-corrected chi connectivity index (χ4v) is 3.05. The van der Waals surface area contributed by atoms with Gasteiger partial charge in [-0.1, -0.05) is 0 Å². The first-order valence-electron chi connectivity index (χ1n) is 9.43. The van der Waals surface area contributed by atoms with Crippen LogP contribution in [0.25, 0.3) is 0 Å². The summed E-state index contributed by atoms with van der Waals surface area (Å²) >= 11 is 0. The number of aliphatic carboxylic acids is 1. The van der Waals surface area contributed by atoms with E-state index < -0.39 is 48.6 Å². The molecule has 1 rings (SSSR count). The van der Waals surface area contributed by atoms with Gasteiger partial charge in [-0.3, -0.25) is 14.4 Å². The van der Waals surface area contributed by atoms with Crippen molar-refractivity contribution in [3.05, 3.63) is 0 Å². The maximum atomic E-state index is 12.7. The number of carboxylic acids is 1. The molecular weight excluding hydrogens is 370 g/mol. The van der Waals surface area contributed by atoms with Gasteiger partial charge < -0.3 is 37.2 Å². The van der Waals surface area contributed by atoms with Crippen molar-refractivity contribution in [1.29, 1.82) is 0 Å². The molecule has 8 N–H and O–H groups in total. The van der Waals surface area contributed by atoms with Gasteiger partial charge in [0.2, 0.25) is 17.7 Å². The highest BCUT2D eigenvalue weighted by atomic mass is 16.4. The van der Waals surface area contributed by atoms with E-state index in [4.69, 9.17) is 21.7 Å². The minimum absolute atomic E-state index is 0.250. The quantitative estimate of drug-likeness (QED) is 0.205. The summed E-state index contributed by atoms with van der Waals surface area (Å²) in [5, 5.41) is 22.9. The lowest BCUT2D eigenvalue weighted by Crippen LogP contribution is -2.56. The Morgan fingerprint density at radius 3 is 2.39 bits per heavy atom. The molecule has 1 aliphatic heterocycles. The Morgan fingerprint density at radius 2 is 1.86 bits per heavy atom. The van der Waals surface area contributed by atoms with Crippen LogP contribution in [0.3, 0.4) is 0 Å². The van der Waals surface area contributed by atoms with Crippen LogP contribution in [0, 0.1) is 0 Å². The molecule has 1 fully saturated rings. The Labute approximate surface area is 163 Å². The van der Waals surface area contributed by atoms with Crippen LogP contribution in [0.15, 0.2) is 0 Å². The first kappa shape index (κ1) is 23.8. The van der Waals surface area contributed by atoms with Gasteiger partial charge >= 0.3 is 5.97 Å². The van der Waals surface area contributed by atoms with Crippen molar-refractivity contribution in [3.8, 4) is 0 Å². The topological polar surface area (TPSA) is 188 Å². The van der Waals surface area contributed by atoms with E-state index in [0.29, 0.717) is 38.8 Å². The summed E-state index contributed by atoms with van der Waals surface area (Å²) in [5.74, 6) is -2.93. The largest absolute Gasteiger partial charge is 0.480 e. The van der Waals surface area contributed by atoms with Crippen LogP contribution < -0.4 is 22.1 Å². The van der Waals surface area contributed by atoms with Crippen molar-refractivity contribution in [3.63, 3.8) is 0 Å². The van der Waals surface area contributed by atoms with Crippen LogP contribution in [-0.2, 0) is 19.2 Å². The standard InChI is InChI=1S/C17H31N5O6/c1-10(19)16(26)22-8-4-6-13(22)15(25)20-11(5-2-3-7-18)14(24)21-12(9-23)17(27)28/h10-13,23H,2-9,18-19H2,1H3,(H,20,25)(H,21,24)(H,27,28). The van der Waals surface area contributed by atoms with Crippen LogP contribution >= 0.6 is 0 Å². The minimum atomic E-state index is -1.47. The fraction of sp³-hybridized carbons (Fsp3) is 0.765. The minimum Gasteiger partial charge on any atom is -0.480 e. The predicted octanol–water partition coefficient (Wildman–Crippen LogP) is -2.50. The number of nitrogens with one attached hydrogen (secondary N) is 2. The van der Waals surface area contributed by atoms with Crippen molar-refractivity contribution in [2.24, 2.45) is 11.5 Å². The lowest BCUT2D eigenvalue weighted by atomic mass is 10.1. The molecule has 4 atom stereocenters. The van der Waals surface area contributed by atoms with Crippen molar-refractivity contribution < 1.29 is 29.4 Å². The lowest BCUT2D eigenvalue weighted by molar-refractivity contribution is -0.144.